The number of hydrogen-bond donors (Lipinski definition) is 2. The van der Waals surface area contributed by atoms with Crippen LogP contribution in [0.3, 0.4) is 0 Å². The van der Waals surface area contributed by atoms with Gasteiger partial charge in [0.15, 0.2) is 0 Å². The fourth-order valence-electron chi connectivity index (χ4n) is 3.62. The summed E-state index contributed by atoms with van der Waals surface area (Å²) in [4.78, 5) is 25.6. The standard InChI is InChI=1S/C18H23N3O4S/c22-17-6-3-13-11-15(4-5-16(13)19-17)26(24,25)20-14-7-9-21(10-8-14)18(23)12-1-2-12/h4-5,11-12,14,20H,1-3,6-10H2,(H,19,22). The molecule has 3 aliphatic rings. The van der Waals surface area contributed by atoms with Crippen LogP contribution in [0.15, 0.2) is 23.1 Å². The third-order valence-corrected chi connectivity index (χ3v) is 6.86. The molecular weight excluding hydrogens is 354 g/mol. The van der Waals surface area contributed by atoms with Gasteiger partial charge in [-0.2, -0.15) is 0 Å². The zero-order valence-electron chi connectivity index (χ0n) is 14.5. The molecule has 1 saturated carbocycles. The Morgan fingerprint density at radius 3 is 2.54 bits per heavy atom. The molecule has 8 heteroatoms. The summed E-state index contributed by atoms with van der Waals surface area (Å²) in [7, 11) is -3.61. The van der Waals surface area contributed by atoms with Crippen LogP contribution in [0.2, 0.25) is 0 Å². The molecular formula is C18H23N3O4S. The molecule has 4 rings (SSSR count). The van der Waals surface area contributed by atoms with E-state index in [9.17, 15) is 18.0 Å². The molecule has 2 N–H and O–H groups in total. The predicted octanol–water partition coefficient (Wildman–Crippen LogP) is 1.25. The average Bonchev–Trinajstić information content (AvgIpc) is 3.46. The third-order valence-electron chi connectivity index (χ3n) is 5.34. The number of nitrogens with zero attached hydrogens (tertiary/aromatic N) is 1. The highest BCUT2D eigenvalue weighted by Crippen LogP contribution is 2.32. The summed E-state index contributed by atoms with van der Waals surface area (Å²) in [6.07, 6.45) is 4.18. The number of carbonyl (C=O) groups is 2. The zero-order valence-corrected chi connectivity index (χ0v) is 15.3. The zero-order chi connectivity index (χ0) is 18.3. The van der Waals surface area contributed by atoms with Gasteiger partial charge >= 0.3 is 0 Å². The van der Waals surface area contributed by atoms with Crippen LogP contribution < -0.4 is 10.0 Å². The largest absolute Gasteiger partial charge is 0.342 e. The van der Waals surface area contributed by atoms with Crippen molar-refractivity contribution in [3.05, 3.63) is 23.8 Å². The maximum absolute atomic E-state index is 12.7. The summed E-state index contributed by atoms with van der Waals surface area (Å²) >= 11 is 0. The number of fused-ring (bicyclic) bond motifs is 1. The van der Waals surface area contributed by atoms with Gasteiger partial charge in [-0.3, -0.25) is 9.59 Å². The SMILES string of the molecule is O=C1CCc2cc(S(=O)(=O)NC3CCN(C(=O)C4CC4)CC3)ccc2N1. The molecule has 0 aromatic heterocycles. The number of hydrogen-bond acceptors (Lipinski definition) is 4. The summed E-state index contributed by atoms with van der Waals surface area (Å²) in [5.41, 5.74) is 1.53. The van der Waals surface area contributed by atoms with Gasteiger partial charge in [0.1, 0.15) is 0 Å². The first-order chi connectivity index (χ1) is 12.4. The molecule has 2 aliphatic heterocycles. The van der Waals surface area contributed by atoms with Gasteiger partial charge in [0.05, 0.1) is 4.90 Å². The van der Waals surface area contributed by atoms with E-state index in [1.54, 1.807) is 12.1 Å². The number of likely N-dealkylation sites (tertiary alicyclic amines) is 1. The second kappa shape index (κ2) is 6.66. The van der Waals surface area contributed by atoms with Crippen LogP contribution in [0.5, 0.6) is 0 Å². The molecule has 0 spiro atoms. The first-order valence-corrected chi connectivity index (χ1v) is 10.6. The van der Waals surface area contributed by atoms with Crippen molar-refractivity contribution >= 4 is 27.5 Å². The Bertz CT molecular complexity index is 840. The van der Waals surface area contributed by atoms with E-state index in [-0.39, 0.29) is 28.7 Å². The maximum Gasteiger partial charge on any atom is 0.240 e. The van der Waals surface area contributed by atoms with Crippen molar-refractivity contribution in [2.45, 2.75) is 49.5 Å². The maximum atomic E-state index is 12.7. The second-order valence-electron chi connectivity index (χ2n) is 7.36. The van der Waals surface area contributed by atoms with Gasteiger partial charge in [0, 0.05) is 37.2 Å². The van der Waals surface area contributed by atoms with E-state index >= 15 is 0 Å². The molecule has 1 saturated heterocycles. The van der Waals surface area contributed by atoms with Crippen molar-refractivity contribution in [1.29, 1.82) is 0 Å². The van der Waals surface area contributed by atoms with E-state index in [0.29, 0.717) is 44.5 Å². The van der Waals surface area contributed by atoms with Crippen LogP contribution in [0, 0.1) is 5.92 Å². The van der Waals surface area contributed by atoms with Crippen LogP contribution >= 0.6 is 0 Å². The van der Waals surface area contributed by atoms with Crippen LogP contribution in [0.1, 0.15) is 37.7 Å². The molecule has 0 atom stereocenters. The lowest BCUT2D eigenvalue weighted by Gasteiger charge is -2.32. The number of amides is 2. The molecule has 2 fully saturated rings. The lowest BCUT2D eigenvalue weighted by atomic mass is 10.0. The minimum absolute atomic E-state index is 0.0428. The number of piperidine rings is 1. The summed E-state index contributed by atoms with van der Waals surface area (Å²) in [5.74, 6) is 0.390. The van der Waals surface area contributed by atoms with Crippen LogP contribution in [-0.4, -0.2) is 44.3 Å². The van der Waals surface area contributed by atoms with E-state index < -0.39 is 10.0 Å². The number of sulfonamides is 1. The molecule has 1 aliphatic carbocycles. The first-order valence-electron chi connectivity index (χ1n) is 9.16. The molecule has 0 bridgehead atoms. The molecule has 2 amide bonds. The smallest absolute Gasteiger partial charge is 0.240 e. The number of carbonyl (C=O) groups excluding carboxylic acids is 2. The van der Waals surface area contributed by atoms with Gasteiger partial charge in [0.25, 0.3) is 0 Å². The van der Waals surface area contributed by atoms with E-state index in [1.807, 2.05) is 4.90 Å². The normalized spacial score (nSPS) is 21.2. The minimum Gasteiger partial charge on any atom is -0.342 e. The van der Waals surface area contributed by atoms with Crippen molar-refractivity contribution in [3.63, 3.8) is 0 Å². The highest BCUT2D eigenvalue weighted by molar-refractivity contribution is 7.89. The second-order valence-corrected chi connectivity index (χ2v) is 9.08. The van der Waals surface area contributed by atoms with Crippen molar-refractivity contribution in [1.82, 2.24) is 9.62 Å². The highest BCUT2D eigenvalue weighted by atomic mass is 32.2. The Labute approximate surface area is 153 Å². The number of nitrogens with one attached hydrogen (secondary N) is 2. The Hall–Kier alpha value is -1.93. The van der Waals surface area contributed by atoms with E-state index in [2.05, 4.69) is 10.0 Å². The van der Waals surface area contributed by atoms with E-state index in [1.165, 1.54) is 6.07 Å². The molecule has 26 heavy (non-hydrogen) atoms. The van der Waals surface area contributed by atoms with Crippen molar-refractivity contribution < 1.29 is 18.0 Å². The Morgan fingerprint density at radius 2 is 1.85 bits per heavy atom. The predicted molar refractivity (Wildman–Crippen MR) is 96.0 cm³/mol. The fraction of sp³-hybridized carbons (Fsp3) is 0.556. The molecule has 2 heterocycles. The van der Waals surface area contributed by atoms with Gasteiger partial charge in [-0.1, -0.05) is 0 Å². The topological polar surface area (TPSA) is 95.6 Å². The number of rotatable bonds is 4. The fourth-order valence-corrected chi connectivity index (χ4v) is 4.98. The van der Waals surface area contributed by atoms with E-state index in [4.69, 9.17) is 0 Å². The summed E-state index contributed by atoms with van der Waals surface area (Å²) in [6, 6.07) is 4.66. The molecule has 1 aromatic carbocycles. The van der Waals surface area contributed by atoms with Crippen LogP contribution in [-0.2, 0) is 26.0 Å². The van der Waals surface area contributed by atoms with Crippen molar-refractivity contribution in [3.8, 4) is 0 Å². The number of aryl methyl sites for hydroxylation is 1. The van der Waals surface area contributed by atoms with Crippen LogP contribution in [0.4, 0.5) is 5.69 Å². The van der Waals surface area contributed by atoms with E-state index in [0.717, 1.165) is 18.4 Å². The summed E-state index contributed by atoms with van der Waals surface area (Å²) < 4.78 is 28.2. The molecule has 0 unspecified atom stereocenters. The Balaban J connectivity index is 1.40. The quantitative estimate of drug-likeness (QED) is 0.825. The number of anilines is 1. The molecule has 140 valence electrons. The van der Waals surface area contributed by atoms with Crippen molar-refractivity contribution in [2.75, 3.05) is 18.4 Å². The number of benzene rings is 1. The lowest BCUT2D eigenvalue weighted by Crippen LogP contribution is -2.46. The highest BCUT2D eigenvalue weighted by Gasteiger charge is 2.35. The molecule has 1 aromatic rings. The monoisotopic (exact) mass is 377 g/mol. The van der Waals surface area contributed by atoms with Gasteiger partial charge in [-0.05, 0) is 55.9 Å². The lowest BCUT2D eigenvalue weighted by molar-refractivity contribution is -0.133. The van der Waals surface area contributed by atoms with Gasteiger partial charge in [-0.25, -0.2) is 13.1 Å². The van der Waals surface area contributed by atoms with Crippen molar-refractivity contribution in [2.24, 2.45) is 5.92 Å². The van der Waals surface area contributed by atoms with Crippen LogP contribution in [0.25, 0.3) is 0 Å². The third kappa shape index (κ3) is 3.61. The minimum atomic E-state index is -3.61. The first kappa shape index (κ1) is 17.5. The Morgan fingerprint density at radius 1 is 1.12 bits per heavy atom. The average molecular weight is 377 g/mol. The Kier molecular flexibility index (Phi) is 4.48. The summed E-state index contributed by atoms with van der Waals surface area (Å²) in [6.45, 7) is 1.22. The van der Waals surface area contributed by atoms with Gasteiger partial charge in [0.2, 0.25) is 21.8 Å². The summed E-state index contributed by atoms with van der Waals surface area (Å²) in [5, 5.41) is 2.76. The molecule has 7 nitrogen and oxygen atoms in total. The molecule has 0 radical (unpaired) electrons. The van der Waals surface area contributed by atoms with Gasteiger partial charge in [-0.15, -0.1) is 0 Å². The van der Waals surface area contributed by atoms with Gasteiger partial charge < -0.3 is 10.2 Å².